The van der Waals surface area contributed by atoms with Gasteiger partial charge in [-0.3, -0.25) is 0 Å². The van der Waals surface area contributed by atoms with Crippen molar-refractivity contribution in [3.63, 3.8) is 0 Å². The molecule has 2 N–H and O–H groups in total. The number of rotatable bonds is 3. The van der Waals surface area contributed by atoms with Gasteiger partial charge in [0.25, 0.3) is 0 Å². The summed E-state index contributed by atoms with van der Waals surface area (Å²) in [6.07, 6.45) is 4.62. The first-order valence-electron chi connectivity index (χ1n) is 4.51. The summed E-state index contributed by atoms with van der Waals surface area (Å²) in [4.78, 5) is 5.55. The van der Waals surface area contributed by atoms with Crippen molar-refractivity contribution >= 4 is 11.3 Å². The minimum atomic E-state index is 0.00912. The van der Waals surface area contributed by atoms with Crippen molar-refractivity contribution in [3.8, 4) is 0 Å². The molecule has 0 radical (unpaired) electrons. The Morgan fingerprint density at radius 1 is 1.64 bits per heavy atom. The van der Waals surface area contributed by atoms with E-state index >= 15 is 0 Å². The maximum Gasteiger partial charge on any atom is 0.0947 e. The highest BCUT2D eigenvalue weighted by Gasteiger charge is 2.09. The van der Waals surface area contributed by atoms with Crippen LogP contribution in [0, 0.1) is 0 Å². The second-order valence-corrected chi connectivity index (χ2v) is 4.39. The van der Waals surface area contributed by atoms with Gasteiger partial charge in [0, 0.05) is 24.5 Å². The fourth-order valence-corrected chi connectivity index (χ4v) is 2.14. The Balaban J connectivity index is 2.06. The Bertz CT molecular complexity index is 391. The number of thiophene rings is 1. The van der Waals surface area contributed by atoms with Crippen LogP contribution in [0.4, 0.5) is 0 Å². The van der Waals surface area contributed by atoms with Gasteiger partial charge in [0.2, 0.25) is 0 Å². The lowest BCUT2D eigenvalue weighted by Gasteiger charge is -2.06. The van der Waals surface area contributed by atoms with Crippen LogP contribution >= 0.6 is 11.3 Å². The van der Waals surface area contributed by atoms with Crippen molar-refractivity contribution in [2.75, 3.05) is 0 Å². The summed E-state index contributed by atoms with van der Waals surface area (Å²) in [7, 11) is 1.95. The summed E-state index contributed by atoms with van der Waals surface area (Å²) >= 11 is 1.74. The van der Waals surface area contributed by atoms with Gasteiger partial charge in [0.15, 0.2) is 0 Å². The Hall–Kier alpha value is -1.13. The van der Waals surface area contributed by atoms with Crippen molar-refractivity contribution in [1.82, 2.24) is 9.55 Å². The van der Waals surface area contributed by atoms with Crippen LogP contribution in [-0.4, -0.2) is 9.55 Å². The van der Waals surface area contributed by atoms with Gasteiger partial charge in [0.1, 0.15) is 0 Å². The lowest BCUT2D eigenvalue weighted by atomic mass is 10.1. The van der Waals surface area contributed by atoms with E-state index in [2.05, 4.69) is 16.4 Å². The van der Waals surface area contributed by atoms with Crippen LogP contribution in [0.5, 0.6) is 0 Å². The number of nitrogens with zero attached hydrogens (tertiary/aromatic N) is 2. The molecule has 3 nitrogen and oxygen atoms in total. The lowest BCUT2D eigenvalue weighted by Crippen LogP contribution is -2.13. The van der Waals surface area contributed by atoms with Gasteiger partial charge in [-0.05, 0) is 11.4 Å². The van der Waals surface area contributed by atoms with Gasteiger partial charge >= 0.3 is 0 Å². The zero-order valence-electron chi connectivity index (χ0n) is 8.05. The van der Waals surface area contributed by atoms with Gasteiger partial charge in [-0.25, -0.2) is 4.98 Å². The Morgan fingerprint density at radius 3 is 3.07 bits per heavy atom. The number of aromatic nitrogens is 2. The molecule has 14 heavy (non-hydrogen) atoms. The predicted octanol–water partition coefficient (Wildman–Crippen LogP) is 1.72. The first kappa shape index (κ1) is 9.43. The topological polar surface area (TPSA) is 43.8 Å². The highest BCUT2D eigenvalue weighted by atomic mass is 32.1. The third-order valence-corrected chi connectivity index (χ3v) is 3.00. The third kappa shape index (κ3) is 2.02. The standard InChI is InChI=1S/C10H13N3S/c1-13-6-10(12-7-13)9(11)5-8-3-2-4-14-8/h2-4,6-7,9H,5,11H2,1H3. The molecule has 0 aromatic carbocycles. The number of aryl methyl sites for hydroxylation is 1. The van der Waals surface area contributed by atoms with Crippen molar-refractivity contribution in [3.05, 3.63) is 40.6 Å². The average molecular weight is 207 g/mol. The maximum atomic E-state index is 6.03. The molecule has 2 aromatic rings. The molecule has 2 heterocycles. The number of hydrogen-bond acceptors (Lipinski definition) is 3. The SMILES string of the molecule is Cn1cnc(C(N)Cc2cccs2)c1. The van der Waals surface area contributed by atoms with E-state index in [9.17, 15) is 0 Å². The molecule has 0 saturated carbocycles. The lowest BCUT2D eigenvalue weighted by molar-refractivity contribution is 0.707. The Kier molecular flexibility index (Phi) is 2.65. The molecule has 2 aromatic heterocycles. The van der Waals surface area contributed by atoms with E-state index < -0.39 is 0 Å². The highest BCUT2D eigenvalue weighted by molar-refractivity contribution is 7.09. The quantitative estimate of drug-likeness (QED) is 0.833. The summed E-state index contributed by atoms with van der Waals surface area (Å²) in [5.41, 5.74) is 6.99. The molecule has 0 fully saturated rings. The molecular weight excluding hydrogens is 194 g/mol. The molecule has 4 heteroatoms. The van der Waals surface area contributed by atoms with Crippen molar-refractivity contribution < 1.29 is 0 Å². The van der Waals surface area contributed by atoms with Crippen LogP contribution in [-0.2, 0) is 13.5 Å². The minimum absolute atomic E-state index is 0.00912. The van der Waals surface area contributed by atoms with E-state index in [1.54, 1.807) is 17.7 Å². The second kappa shape index (κ2) is 3.94. The number of imidazole rings is 1. The summed E-state index contributed by atoms with van der Waals surface area (Å²) in [5.74, 6) is 0. The third-order valence-electron chi connectivity index (χ3n) is 2.11. The summed E-state index contributed by atoms with van der Waals surface area (Å²) in [5, 5.41) is 2.07. The highest BCUT2D eigenvalue weighted by Crippen LogP contribution is 2.17. The van der Waals surface area contributed by atoms with Gasteiger partial charge in [0.05, 0.1) is 18.1 Å². The number of nitrogens with two attached hydrogens (primary N) is 1. The minimum Gasteiger partial charge on any atom is -0.340 e. The fraction of sp³-hybridized carbons (Fsp3) is 0.300. The molecule has 1 atom stereocenters. The first-order valence-corrected chi connectivity index (χ1v) is 5.39. The second-order valence-electron chi connectivity index (χ2n) is 3.35. The van der Waals surface area contributed by atoms with E-state index in [0.29, 0.717) is 0 Å². The zero-order valence-corrected chi connectivity index (χ0v) is 8.87. The van der Waals surface area contributed by atoms with Crippen LogP contribution in [0.15, 0.2) is 30.0 Å². The van der Waals surface area contributed by atoms with Crippen LogP contribution in [0.1, 0.15) is 16.6 Å². The Labute approximate surface area is 87.2 Å². The molecular formula is C10H13N3S. The summed E-state index contributed by atoms with van der Waals surface area (Å²) in [6, 6.07) is 4.16. The molecule has 0 spiro atoms. The van der Waals surface area contributed by atoms with Gasteiger partial charge in [-0.1, -0.05) is 6.07 Å². The zero-order chi connectivity index (χ0) is 9.97. The van der Waals surface area contributed by atoms with Crippen LogP contribution < -0.4 is 5.73 Å². The number of hydrogen-bond donors (Lipinski definition) is 1. The van der Waals surface area contributed by atoms with Crippen molar-refractivity contribution in [2.45, 2.75) is 12.5 Å². The molecule has 0 aliphatic heterocycles. The van der Waals surface area contributed by atoms with E-state index in [1.807, 2.05) is 23.9 Å². The molecule has 0 aliphatic carbocycles. The van der Waals surface area contributed by atoms with E-state index in [-0.39, 0.29) is 6.04 Å². The van der Waals surface area contributed by atoms with Crippen molar-refractivity contribution in [2.24, 2.45) is 12.8 Å². The molecule has 2 rings (SSSR count). The average Bonchev–Trinajstić information content (AvgIpc) is 2.75. The smallest absolute Gasteiger partial charge is 0.0947 e. The van der Waals surface area contributed by atoms with Gasteiger partial charge in [-0.2, -0.15) is 0 Å². The molecule has 0 saturated heterocycles. The van der Waals surface area contributed by atoms with Crippen molar-refractivity contribution in [1.29, 1.82) is 0 Å². The predicted molar refractivity (Wildman–Crippen MR) is 58.2 cm³/mol. The summed E-state index contributed by atoms with van der Waals surface area (Å²) < 4.78 is 1.92. The van der Waals surface area contributed by atoms with Crippen LogP contribution in [0.2, 0.25) is 0 Å². The fourth-order valence-electron chi connectivity index (χ4n) is 1.37. The first-order chi connectivity index (χ1) is 6.75. The largest absolute Gasteiger partial charge is 0.340 e. The normalized spacial score (nSPS) is 13.0. The summed E-state index contributed by atoms with van der Waals surface area (Å²) in [6.45, 7) is 0. The molecule has 0 amide bonds. The molecule has 0 aliphatic rings. The van der Waals surface area contributed by atoms with Crippen LogP contribution in [0.25, 0.3) is 0 Å². The van der Waals surface area contributed by atoms with E-state index in [4.69, 9.17) is 5.73 Å². The van der Waals surface area contributed by atoms with Gasteiger partial charge in [-0.15, -0.1) is 11.3 Å². The van der Waals surface area contributed by atoms with E-state index in [1.165, 1.54) is 4.88 Å². The molecule has 1 unspecified atom stereocenters. The van der Waals surface area contributed by atoms with Gasteiger partial charge < -0.3 is 10.3 Å². The monoisotopic (exact) mass is 207 g/mol. The maximum absolute atomic E-state index is 6.03. The van der Waals surface area contributed by atoms with E-state index in [0.717, 1.165) is 12.1 Å². The molecule has 0 bridgehead atoms. The Morgan fingerprint density at radius 2 is 2.50 bits per heavy atom. The van der Waals surface area contributed by atoms with Crippen LogP contribution in [0.3, 0.4) is 0 Å². The molecule has 74 valence electrons.